The van der Waals surface area contributed by atoms with Crippen molar-refractivity contribution in [2.24, 2.45) is 0 Å². The van der Waals surface area contributed by atoms with Crippen LogP contribution >= 0.6 is 15.9 Å². The summed E-state index contributed by atoms with van der Waals surface area (Å²) in [6, 6.07) is 6.36. The number of rotatable bonds is 5. The standard InChI is InChI=1S/C12H13BrN2O3/c1-8(13)7-14-12(18)15-10-5-3-2-4-9(10)6-11(16)17/h2-5H,1,6-7H2,(H,16,17)(H2,14,15,18). The number of carboxylic acid groups (broad SMARTS) is 1. The summed E-state index contributed by atoms with van der Waals surface area (Å²) in [6.45, 7) is 3.89. The highest BCUT2D eigenvalue weighted by Gasteiger charge is 2.08. The molecule has 0 fully saturated rings. The van der Waals surface area contributed by atoms with Crippen LogP contribution in [0.5, 0.6) is 0 Å². The fraction of sp³-hybridized carbons (Fsp3) is 0.167. The van der Waals surface area contributed by atoms with E-state index in [2.05, 4.69) is 33.1 Å². The first-order chi connectivity index (χ1) is 8.49. The van der Waals surface area contributed by atoms with Gasteiger partial charge in [-0.2, -0.15) is 0 Å². The van der Waals surface area contributed by atoms with Gasteiger partial charge >= 0.3 is 12.0 Å². The Labute approximate surface area is 113 Å². The van der Waals surface area contributed by atoms with Crippen LogP contribution in [0.3, 0.4) is 0 Å². The van der Waals surface area contributed by atoms with Crippen molar-refractivity contribution in [1.29, 1.82) is 0 Å². The Morgan fingerprint density at radius 3 is 2.61 bits per heavy atom. The molecule has 0 bridgehead atoms. The molecule has 1 aromatic rings. The molecule has 0 radical (unpaired) electrons. The van der Waals surface area contributed by atoms with Gasteiger partial charge in [-0.1, -0.05) is 40.7 Å². The van der Waals surface area contributed by atoms with E-state index in [9.17, 15) is 9.59 Å². The molecule has 6 heteroatoms. The summed E-state index contributed by atoms with van der Waals surface area (Å²) in [5.41, 5.74) is 1.04. The van der Waals surface area contributed by atoms with Crippen LogP contribution in [0.2, 0.25) is 0 Å². The fourth-order valence-electron chi connectivity index (χ4n) is 1.30. The first kappa shape index (κ1) is 14.2. The molecule has 0 aromatic heterocycles. The van der Waals surface area contributed by atoms with Crippen LogP contribution in [-0.4, -0.2) is 23.7 Å². The number of hydrogen-bond acceptors (Lipinski definition) is 2. The van der Waals surface area contributed by atoms with Gasteiger partial charge in [-0.05, 0) is 11.6 Å². The summed E-state index contributed by atoms with van der Waals surface area (Å²) in [4.78, 5) is 22.2. The molecule has 2 amide bonds. The highest BCUT2D eigenvalue weighted by atomic mass is 79.9. The summed E-state index contributed by atoms with van der Waals surface area (Å²) < 4.78 is 0.650. The van der Waals surface area contributed by atoms with E-state index < -0.39 is 12.0 Å². The monoisotopic (exact) mass is 312 g/mol. The molecule has 0 aliphatic rings. The molecule has 1 rings (SSSR count). The zero-order valence-corrected chi connectivity index (χ0v) is 11.2. The summed E-state index contributed by atoms with van der Waals surface area (Å²) in [5, 5.41) is 13.9. The van der Waals surface area contributed by atoms with Gasteiger partial charge in [0.25, 0.3) is 0 Å². The van der Waals surface area contributed by atoms with E-state index in [-0.39, 0.29) is 6.42 Å². The van der Waals surface area contributed by atoms with E-state index in [4.69, 9.17) is 5.11 Å². The zero-order valence-electron chi connectivity index (χ0n) is 9.57. The maximum atomic E-state index is 11.5. The highest BCUT2D eigenvalue weighted by Crippen LogP contribution is 2.15. The number of carboxylic acids is 1. The minimum atomic E-state index is -0.946. The Morgan fingerprint density at radius 1 is 1.33 bits per heavy atom. The van der Waals surface area contributed by atoms with Crippen molar-refractivity contribution in [2.75, 3.05) is 11.9 Å². The molecule has 18 heavy (non-hydrogen) atoms. The molecule has 0 spiro atoms. The molecule has 3 N–H and O–H groups in total. The van der Waals surface area contributed by atoms with E-state index in [1.54, 1.807) is 24.3 Å². The van der Waals surface area contributed by atoms with Crippen LogP contribution in [0.4, 0.5) is 10.5 Å². The molecule has 0 heterocycles. The minimum Gasteiger partial charge on any atom is -0.481 e. The average molecular weight is 313 g/mol. The van der Waals surface area contributed by atoms with Crippen molar-refractivity contribution in [3.8, 4) is 0 Å². The third-order valence-corrected chi connectivity index (χ3v) is 2.33. The number of aliphatic carboxylic acids is 1. The Balaban J connectivity index is 2.68. The number of nitrogens with one attached hydrogen (secondary N) is 2. The lowest BCUT2D eigenvalue weighted by atomic mass is 10.1. The quantitative estimate of drug-likeness (QED) is 0.781. The predicted molar refractivity (Wildman–Crippen MR) is 72.9 cm³/mol. The van der Waals surface area contributed by atoms with Crippen LogP contribution < -0.4 is 10.6 Å². The number of urea groups is 1. The van der Waals surface area contributed by atoms with Gasteiger partial charge in [0.1, 0.15) is 0 Å². The van der Waals surface area contributed by atoms with Crippen molar-refractivity contribution >= 4 is 33.6 Å². The number of anilines is 1. The van der Waals surface area contributed by atoms with Crippen molar-refractivity contribution in [3.63, 3.8) is 0 Å². The number of amides is 2. The Hall–Kier alpha value is -1.82. The normalized spacial score (nSPS) is 9.61. The van der Waals surface area contributed by atoms with Crippen molar-refractivity contribution < 1.29 is 14.7 Å². The maximum absolute atomic E-state index is 11.5. The van der Waals surface area contributed by atoms with Gasteiger partial charge in [-0.15, -0.1) is 0 Å². The smallest absolute Gasteiger partial charge is 0.319 e. The Kier molecular flexibility index (Phi) is 5.38. The Bertz CT molecular complexity index is 474. The molecule has 5 nitrogen and oxygen atoms in total. The number of hydrogen-bond donors (Lipinski definition) is 3. The first-order valence-electron chi connectivity index (χ1n) is 5.17. The summed E-state index contributed by atoms with van der Waals surface area (Å²) in [7, 11) is 0. The van der Waals surface area contributed by atoms with Crippen LogP contribution in [0.1, 0.15) is 5.56 Å². The van der Waals surface area contributed by atoms with E-state index in [1.165, 1.54) is 0 Å². The van der Waals surface area contributed by atoms with Crippen molar-refractivity contribution in [1.82, 2.24) is 5.32 Å². The lowest BCUT2D eigenvalue weighted by Gasteiger charge is -2.10. The van der Waals surface area contributed by atoms with Crippen molar-refractivity contribution in [2.45, 2.75) is 6.42 Å². The van der Waals surface area contributed by atoms with E-state index >= 15 is 0 Å². The number of benzene rings is 1. The second kappa shape index (κ2) is 6.80. The molecule has 0 aliphatic heterocycles. The highest BCUT2D eigenvalue weighted by molar-refractivity contribution is 9.11. The van der Waals surface area contributed by atoms with Crippen molar-refractivity contribution in [3.05, 3.63) is 40.9 Å². The summed E-state index contributed by atoms with van der Waals surface area (Å²) >= 11 is 3.12. The summed E-state index contributed by atoms with van der Waals surface area (Å²) in [5.74, 6) is -0.946. The number of para-hydroxylation sites is 1. The molecule has 1 aromatic carbocycles. The van der Waals surface area contributed by atoms with E-state index in [0.29, 0.717) is 22.3 Å². The van der Waals surface area contributed by atoms with Crippen LogP contribution in [-0.2, 0) is 11.2 Å². The molecule has 0 saturated heterocycles. The molecule has 96 valence electrons. The largest absolute Gasteiger partial charge is 0.481 e. The molecule has 0 aliphatic carbocycles. The lowest BCUT2D eigenvalue weighted by molar-refractivity contribution is -0.136. The molecular formula is C12H13BrN2O3. The second-order valence-electron chi connectivity index (χ2n) is 3.55. The second-order valence-corrected chi connectivity index (χ2v) is 4.67. The average Bonchev–Trinajstić information content (AvgIpc) is 2.28. The van der Waals surface area contributed by atoms with Gasteiger partial charge in [0.15, 0.2) is 0 Å². The third kappa shape index (κ3) is 5.01. The zero-order chi connectivity index (χ0) is 13.5. The number of carbonyl (C=O) groups is 2. The summed E-state index contributed by atoms with van der Waals surface area (Å²) in [6.07, 6.45) is -0.137. The van der Waals surface area contributed by atoms with Crippen LogP contribution in [0.15, 0.2) is 35.3 Å². The minimum absolute atomic E-state index is 0.137. The molecule has 0 saturated carbocycles. The maximum Gasteiger partial charge on any atom is 0.319 e. The molecular weight excluding hydrogens is 300 g/mol. The van der Waals surface area contributed by atoms with E-state index in [1.807, 2.05) is 0 Å². The van der Waals surface area contributed by atoms with Gasteiger partial charge in [0.2, 0.25) is 0 Å². The Morgan fingerprint density at radius 2 is 2.00 bits per heavy atom. The third-order valence-electron chi connectivity index (χ3n) is 2.05. The van der Waals surface area contributed by atoms with Gasteiger partial charge in [0, 0.05) is 10.2 Å². The van der Waals surface area contributed by atoms with Gasteiger partial charge in [-0.25, -0.2) is 4.79 Å². The first-order valence-corrected chi connectivity index (χ1v) is 5.96. The van der Waals surface area contributed by atoms with Gasteiger partial charge < -0.3 is 15.7 Å². The van der Waals surface area contributed by atoms with Crippen LogP contribution in [0, 0.1) is 0 Å². The predicted octanol–water partition coefficient (Wildman–Crippen LogP) is 2.34. The number of halogens is 1. The van der Waals surface area contributed by atoms with Gasteiger partial charge in [-0.3, -0.25) is 4.79 Å². The lowest BCUT2D eigenvalue weighted by Crippen LogP contribution is -2.30. The molecule has 0 atom stereocenters. The fourth-order valence-corrected chi connectivity index (χ4v) is 1.44. The molecule has 0 unspecified atom stereocenters. The van der Waals surface area contributed by atoms with Crippen LogP contribution in [0.25, 0.3) is 0 Å². The number of carbonyl (C=O) groups excluding carboxylic acids is 1. The van der Waals surface area contributed by atoms with Gasteiger partial charge in [0.05, 0.1) is 13.0 Å². The SMILES string of the molecule is C=C(Br)CNC(=O)Nc1ccccc1CC(=O)O. The van der Waals surface area contributed by atoms with E-state index in [0.717, 1.165) is 0 Å². The topological polar surface area (TPSA) is 78.4 Å².